The minimum atomic E-state index is 0.232. The average Bonchev–Trinajstić information content (AvgIpc) is 2.19. The Labute approximate surface area is 86.0 Å². The van der Waals surface area contributed by atoms with E-state index in [1.165, 1.54) is 0 Å². The van der Waals surface area contributed by atoms with E-state index in [1.54, 1.807) is 6.20 Å². The molecule has 0 aromatic carbocycles. The molecule has 1 rings (SSSR count). The van der Waals surface area contributed by atoms with Crippen molar-refractivity contribution in [1.82, 2.24) is 4.98 Å². The summed E-state index contributed by atoms with van der Waals surface area (Å²) in [4.78, 5) is 4.32. The Morgan fingerprint density at radius 1 is 1.29 bits per heavy atom. The molecule has 2 atom stereocenters. The van der Waals surface area contributed by atoms with Gasteiger partial charge in [0.05, 0.1) is 0 Å². The number of aliphatic hydroxyl groups is 1. The molecule has 14 heavy (non-hydrogen) atoms. The van der Waals surface area contributed by atoms with Crippen LogP contribution >= 0.6 is 0 Å². The number of nitrogens with zero attached hydrogens (tertiary/aromatic N) is 1. The normalized spacial score (nSPS) is 15.5. The maximum absolute atomic E-state index is 9.30. The molecule has 0 aliphatic heterocycles. The first-order valence-electron chi connectivity index (χ1n) is 5.18. The molecule has 78 valence electrons. The van der Waals surface area contributed by atoms with Gasteiger partial charge in [-0.05, 0) is 24.0 Å². The van der Waals surface area contributed by atoms with Gasteiger partial charge < -0.3 is 5.11 Å². The van der Waals surface area contributed by atoms with Crippen LogP contribution in [-0.4, -0.2) is 16.7 Å². The Balaban J connectivity index is 2.78. The zero-order chi connectivity index (χ0) is 10.6. The van der Waals surface area contributed by atoms with Crippen molar-refractivity contribution in [3.8, 4) is 0 Å². The van der Waals surface area contributed by atoms with Crippen molar-refractivity contribution in [3.63, 3.8) is 0 Å². The largest absolute Gasteiger partial charge is 0.396 e. The molecule has 2 nitrogen and oxygen atoms in total. The molecule has 2 heteroatoms. The van der Waals surface area contributed by atoms with Gasteiger partial charge in [0.1, 0.15) is 0 Å². The van der Waals surface area contributed by atoms with Crippen molar-refractivity contribution in [2.24, 2.45) is 11.8 Å². The molecule has 1 heterocycles. The van der Waals surface area contributed by atoms with Crippen LogP contribution in [0.5, 0.6) is 0 Å². The van der Waals surface area contributed by atoms with E-state index < -0.39 is 0 Å². The Bertz CT molecular complexity index is 258. The summed E-state index contributed by atoms with van der Waals surface area (Å²) in [7, 11) is 0. The lowest BCUT2D eigenvalue weighted by Crippen LogP contribution is -2.20. The molecule has 0 unspecified atom stereocenters. The van der Waals surface area contributed by atoms with Crippen LogP contribution in [0.4, 0.5) is 0 Å². The zero-order valence-corrected chi connectivity index (χ0v) is 9.14. The van der Waals surface area contributed by atoms with Gasteiger partial charge in [-0.25, -0.2) is 0 Å². The summed E-state index contributed by atoms with van der Waals surface area (Å²) in [5, 5.41) is 9.30. The van der Waals surface area contributed by atoms with Gasteiger partial charge in [0, 0.05) is 24.4 Å². The summed E-state index contributed by atoms with van der Waals surface area (Å²) in [6, 6.07) is 5.93. The van der Waals surface area contributed by atoms with Gasteiger partial charge in [0.15, 0.2) is 0 Å². The Kier molecular flexibility index (Phi) is 4.08. The van der Waals surface area contributed by atoms with Crippen LogP contribution in [0, 0.1) is 11.8 Å². The van der Waals surface area contributed by atoms with Gasteiger partial charge in [-0.15, -0.1) is 0 Å². The molecule has 0 spiro atoms. The summed E-state index contributed by atoms with van der Waals surface area (Å²) < 4.78 is 0. The van der Waals surface area contributed by atoms with Crippen molar-refractivity contribution < 1.29 is 5.11 Å². The number of aromatic nitrogens is 1. The highest BCUT2D eigenvalue weighted by atomic mass is 16.3. The SMILES string of the molecule is CC(C)[C@H](CO)[C@H](C)c1ccccn1. The van der Waals surface area contributed by atoms with E-state index in [4.69, 9.17) is 0 Å². The second kappa shape index (κ2) is 5.11. The lowest BCUT2D eigenvalue weighted by atomic mass is 9.83. The fraction of sp³-hybridized carbons (Fsp3) is 0.583. The molecular weight excluding hydrogens is 174 g/mol. The van der Waals surface area contributed by atoms with Crippen LogP contribution < -0.4 is 0 Å². The molecule has 0 saturated heterocycles. The fourth-order valence-electron chi connectivity index (χ4n) is 1.81. The first-order valence-corrected chi connectivity index (χ1v) is 5.18. The molecule has 0 radical (unpaired) electrons. The third-order valence-corrected chi connectivity index (χ3v) is 2.86. The van der Waals surface area contributed by atoms with Crippen molar-refractivity contribution in [3.05, 3.63) is 30.1 Å². The highest BCUT2D eigenvalue weighted by molar-refractivity contribution is 5.09. The van der Waals surface area contributed by atoms with E-state index in [0.717, 1.165) is 5.69 Å². The van der Waals surface area contributed by atoms with Gasteiger partial charge in [0.2, 0.25) is 0 Å². The second-order valence-corrected chi connectivity index (χ2v) is 4.13. The Morgan fingerprint density at radius 3 is 2.43 bits per heavy atom. The van der Waals surface area contributed by atoms with E-state index in [0.29, 0.717) is 17.8 Å². The molecule has 1 aromatic heterocycles. The van der Waals surface area contributed by atoms with Crippen LogP contribution in [0.1, 0.15) is 32.4 Å². The van der Waals surface area contributed by atoms with E-state index >= 15 is 0 Å². The Hall–Kier alpha value is -0.890. The van der Waals surface area contributed by atoms with Gasteiger partial charge in [-0.2, -0.15) is 0 Å². The van der Waals surface area contributed by atoms with Gasteiger partial charge in [0.25, 0.3) is 0 Å². The van der Waals surface area contributed by atoms with Crippen molar-refractivity contribution in [1.29, 1.82) is 0 Å². The summed E-state index contributed by atoms with van der Waals surface area (Å²) in [6.45, 7) is 6.64. The van der Waals surface area contributed by atoms with Crippen molar-refractivity contribution >= 4 is 0 Å². The predicted molar refractivity (Wildman–Crippen MR) is 58.1 cm³/mol. The number of hydrogen-bond donors (Lipinski definition) is 1. The monoisotopic (exact) mass is 193 g/mol. The second-order valence-electron chi connectivity index (χ2n) is 4.13. The van der Waals surface area contributed by atoms with Crippen molar-refractivity contribution in [2.45, 2.75) is 26.7 Å². The highest BCUT2D eigenvalue weighted by Gasteiger charge is 2.21. The summed E-state index contributed by atoms with van der Waals surface area (Å²) in [5.41, 5.74) is 1.07. The lowest BCUT2D eigenvalue weighted by molar-refractivity contribution is 0.168. The van der Waals surface area contributed by atoms with Gasteiger partial charge >= 0.3 is 0 Å². The van der Waals surface area contributed by atoms with Crippen LogP contribution in [0.15, 0.2) is 24.4 Å². The smallest absolute Gasteiger partial charge is 0.0468 e. The highest BCUT2D eigenvalue weighted by Crippen LogP contribution is 2.27. The fourth-order valence-corrected chi connectivity index (χ4v) is 1.81. The first kappa shape index (κ1) is 11.2. The van der Waals surface area contributed by atoms with Crippen molar-refractivity contribution in [2.75, 3.05) is 6.61 Å². The van der Waals surface area contributed by atoms with E-state index in [9.17, 15) is 5.11 Å². The molecule has 0 aliphatic rings. The molecular formula is C12H19NO. The van der Waals surface area contributed by atoms with Crippen LogP contribution in [-0.2, 0) is 0 Å². The van der Waals surface area contributed by atoms with Crippen LogP contribution in [0.3, 0.4) is 0 Å². The van der Waals surface area contributed by atoms with Crippen LogP contribution in [0.25, 0.3) is 0 Å². The summed E-state index contributed by atoms with van der Waals surface area (Å²) >= 11 is 0. The molecule has 0 saturated carbocycles. The molecule has 0 bridgehead atoms. The molecule has 0 fully saturated rings. The first-order chi connectivity index (χ1) is 6.66. The van der Waals surface area contributed by atoms with Gasteiger partial charge in [-0.1, -0.05) is 26.8 Å². The molecule has 0 amide bonds. The number of hydrogen-bond acceptors (Lipinski definition) is 2. The molecule has 1 N–H and O–H groups in total. The van der Waals surface area contributed by atoms with Crippen LogP contribution in [0.2, 0.25) is 0 Å². The van der Waals surface area contributed by atoms with E-state index in [-0.39, 0.29) is 6.61 Å². The minimum Gasteiger partial charge on any atom is -0.396 e. The van der Waals surface area contributed by atoms with E-state index in [1.807, 2.05) is 18.2 Å². The maximum Gasteiger partial charge on any atom is 0.0468 e. The minimum absolute atomic E-state index is 0.232. The average molecular weight is 193 g/mol. The predicted octanol–water partition coefficient (Wildman–Crippen LogP) is 2.45. The lowest BCUT2D eigenvalue weighted by Gasteiger charge is -2.24. The maximum atomic E-state index is 9.30. The molecule has 0 aliphatic carbocycles. The van der Waals surface area contributed by atoms with E-state index in [2.05, 4.69) is 25.8 Å². The van der Waals surface area contributed by atoms with Gasteiger partial charge in [-0.3, -0.25) is 4.98 Å². The topological polar surface area (TPSA) is 33.1 Å². The molecule has 1 aromatic rings. The number of rotatable bonds is 4. The summed E-state index contributed by atoms with van der Waals surface area (Å²) in [5.74, 6) is 1.10. The number of pyridine rings is 1. The standard InChI is InChI=1S/C12H19NO/c1-9(2)11(8-14)10(3)12-6-4-5-7-13-12/h4-7,9-11,14H,8H2,1-3H3/t10-,11-/m0/s1. The third-order valence-electron chi connectivity index (χ3n) is 2.86. The quantitative estimate of drug-likeness (QED) is 0.796. The third kappa shape index (κ3) is 2.55. The Morgan fingerprint density at radius 2 is 2.00 bits per heavy atom. The summed E-state index contributed by atoms with van der Waals surface area (Å²) in [6.07, 6.45) is 1.81. The zero-order valence-electron chi connectivity index (χ0n) is 9.14. The number of aliphatic hydroxyl groups excluding tert-OH is 1.